The van der Waals surface area contributed by atoms with E-state index in [4.69, 9.17) is 16.4 Å². The summed E-state index contributed by atoms with van der Waals surface area (Å²) < 4.78 is 0. The molecule has 5 heteroatoms. The lowest BCUT2D eigenvalue weighted by Crippen LogP contribution is -2.32. The van der Waals surface area contributed by atoms with Gasteiger partial charge in [-0.25, -0.2) is 10.3 Å². The molecule has 4 nitrogen and oxygen atoms in total. The molecule has 0 radical (unpaired) electrons. The second kappa shape index (κ2) is 7.99. The Labute approximate surface area is 146 Å². The van der Waals surface area contributed by atoms with Crippen molar-refractivity contribution in [2.45, 2.75) is 13.0 Å². The van der Waals surface area contributed by atoms with Crippen LogP contribution in [-0.4, -0.2) is 24.0 Å². The van der Waals surface area contributed by atoms with Crippen molar-refractivity contribution in [3.05, 3.63) is 82.5 Å². The highest BCUT2D eigenvalue weighted by atomic mass is 35.5. The Morgan fingerprint density at radius 2 is 1.88 bits per heavy atom. The Balaban J connectivity index is 1.47. The minimum Gasteiger partial charge on any atom is -0.338 e. The molecule has 1 N–H and O–H groups in total. The van der Waals surface area contributed by atoms with Crippen LogP contribution in [0.5, 0.6) is 0 Å². The van der Waals surface area contributed by atoms with Crippen molar-refractivity contribution in [3.8, 4) is 0 Å². The Morgan fingerprint density at radius 3 is 2.54 bits per heavy atom. The minimum atomic E-state index is -0.417. The number of rotatable bonds is 5. The van der Waals surface area contributed by atoms with Crippen LogP contribution in [0.4, 0.5) is 0 Å². The molecule has 3 rings (SSSR count). The van der Waals surface area contributed by atoms with Gasteiger partial charge < -0.3 is 4.84 Å². The third-order valence-electron chi connectivity index (χ3n) is 3.90. The van der Waals surface area contributed by atoms with Gasteiger partial charge in [-0.3, -0.25) is 4.90 Å². The second-order valence-electron chi connectivity index (χ2n) is 5.70. The van der Waals surface area contributed by atoms with Crippen molar-refractivity contribution in [1.82, 2.24) is 10.4 Å². The van der Waals surface area contributed by atoms with Crippen LogP contribution in [-0.2, 0) is 11.4 Å². The molecule has 24 heavy (non-hydrogen) atoms. The molecular weight excluding hydrogens is 324 g/mol. The number of nitrogens with zero attached hydrogens (tertiary/aromatic N) is 1. The number of carbonyl (C=O) groups excluding carboxylic acids is 1. The summed E-state index contributed by atoms with van der Waals surface area (Å²) in [6, 6.07) is 17.0. The van der Waals surface area contributed by atoms with E-state index in [0.29, 0.717) is 10.6 Å². The van der Waals surface area contributed by atoms with Crippen LogP contribution < -0.4 is 5.48 Å². The van der Waals surface area contributed by atoms with Crippen molar-refractivity contribution in [1.29, 1.82) is 0 Å². The van der Waals surface area contributed by atoms with Gasteiger partial charge in [0.1, 0.15) is 0 Å². The molecular formula is C19H19ClN2O2. The molecule has 2 aromatic rings. The quantitative estimate of drug-likeness (QED) is 0.839. The highest BCUT2D eigenvalue weighted by Crippen LogP contribution is 2.13. The molecule has 1 heterocycles. The second-order valence-corrected chi connectivity index (χ2v) is 6.13. The number of nitrogens with one attached hydrogen (secondary N) is 1. The van der Waals surface area contributed by atoms with E-state index in [1.165, 1.54) is 5.56 Å². The van der Waals surface area contributed by atoms with E-state index in [1.807, 2.05) is 6.07 Å². The lowest BCUT2D eigenvalue weighted by molar-refractivity contribution is 0.0308. The van der Waals surface area contributed by atoms with Gasteiger partial charge in [0.2, 0.25) is 0 Å². The molecule has 0 saturated carbocycles. The van der Waals surface area contributed by atoms with Crippen molar-refractivity contribution in [2.24, 2.45) is 0 Å². The van der Waals surface area contributed by atoms with E-state index < -0.39 is 5.97 Å². The smallest absolute Gasteiger partial charge is 0.338 e. The van der Waals surface area contributed by atoms with Crippen LogP contribution in [0.25, 0.3) is 0 Å². The summed E-state index contributed by atoms with van der Waals surface area (Å²) in [5, 5.41) is 0.591. The molecule has 1 aliphatic rings. The Hall–Kier alpha value is -2.30. The SMILES string of the molecule is O=C(ONC1=CCN(Cc2ccccc2)CC1)c1ccc(Cl)cc1. The molecule has 0 amide bonds. The normalized spacial score (nSPS) is 14.8. The lowest BCUT2D eigenvalue weighted by Gasteiger charge is -2.26. The van der Waals surface area contributed by atoms with Gasteiger partial charge in [-0.05, 0) is 35.9 Å². The van der Waals surface area contributed by atoms with Crippen LogP contribution in [0.2, 0.25) is 5.02 Å². The molecule has 0 saturated heterocycles. The van der Waals surface area contributed by atoms with Gasteiger partial charge in [0, 0.05) is 36.8 Å². The number of benzene rings is 2. The molecule has 0 unspecified atom stereocenters. The zero-order valence-corrected chi connectivity index (χ0v) is 14.0. The summed E-state index contributed by atoms with van der Waals surface area (Å²) in [6.45, 7) is 2.68. The number of hydrogen-bond acceptors (Lipinski definition) is 4. The van der Waals surface area contributed by atoms with Crippen molar-refractivity contribution >= 4 is 17.6 Å². The summed E-state index contributed by atoms with van der Waals surface area (Å²) >= 11 is 5.81. The summed E-state index contributed by atoms with van der Waals surface area (Å²) in [6.07, 6.45) is 2.88. The van der Waals surface area contributed by atoms with Gasteiger partial charge in [0.05, 0.1) is 5.56 Å². The molecule has 0 aromatic heterocycles. The summed E-state index contributed by atoms with van der Waals surface area (Å²) in [4.78, 5) is 19.4. The maximum atomic E-state index is 11.9. The fourth-order valence-corrected chi connectivity index (χ4v) is 2.67. The van der Waals surface area contributed by atoms with Crippen LogP contribution in [0.1, 0.15) is 22.3 Å². The number of halogens is 1. The highest BCUT2D eigenvalue weighted by molar-refractivity contribution is 6.30. The van der Waals surface area contributed by atoms with Crippen LogP contribution in [0.15, 0.2) is 66.4 Å². The standard InChI is InChI=1S/C19H19ClN2O2/c20-17-8-6-16(7-9-17)19(23)24-21-18-10-12-22(13-11-18)14-15-4-2-1-3-5-15/h1-10,21H,11-14H2. The molecule has 0 aliphatic carbocycles. The third kappa shape index (κ3) is 4.60. The molecule has 0 bridgehead atoms. The zero-order valence-electron chi connectivity index (χ0n) is 13.2. The van der Waals surface area contributed by atoms with Crippen molar-refractivity contribution < 1.29 is 9.63 Å². The number of carbonyl (C=O) groups is 1. The topological polar surface area (TPSA) is 41.6 Å². The highest BCUT2D eigenvalue weighted by Gasteiger charge is 2.14. The van der Waals surface area contributed by atoms with Gasteiger partial charge in [-0.15, -0.1) is 0 Å². The van der Waals surface area contributed by atoms with Crippen LogP contribution in [0.3, 0.4) is 0 Å². The first-order valence-corrected chi connectivity index (χ1v) is 8.26. The summed E-state index contributed by atoms with van der Waals surface area (Å²) in [5.41, 5.74) is 5.47. The van der Waals surface area contributed by atoms with Gasteiger partial charge in [0.25, 0.3) is 0 Å². The van der Waals surface area contributed by atoms with Gasteiger partial charge in [-0.1, -0.05) is 41.9 Å². The van der Waals surface area contributed by atoms with E-state index in [1.54, 1.807) is 24.3 Å². The maximum Gasteiger partial charge on any atom is 0.362 e. The first-order chi connectivity index (χ1) is 11.7. The van der Waals surface area contributed by atoms with Gasteiger partial charge in [0.15, 0.2) is 0 Å². The van der Waals surface area contributed by atoms with E-state index in [-0.39, 0.29) is 0 Å². The first-order valence-electron chi connectivity index (χ1n) is 7.89. The lowest BCUT2D eigenvalue weighted by atomic mass is 10.1. The van der Waals surface area contributed by atoms with Crippen LogP contribution >= 0.6 is 11.6 Å². The third-order valence-corrected chi connectivity index (χ3v) is 4.15. The van der Waals surface area contributed by atoms with E-state index in [9.17, 15) is 4.79 Å². The van der Waals surface area contributed by atoms with Gasteiger partial charge in [-0.2, -0.15) is 0 Å². The molecule has 0 spiro atoms. The molecule has 0 fully saturated rings. The predicted octanol–water partition coefficient (Wildman–Crippen LogP) is 3.79. The molecule has 1 aliphatic heterocycles. The monoisotopic (exact) mass is 342 g/mol. The van der Waals surface area contributed by atoms with Crippen molar-refractivity contribution in [2.75, 3.05) is 13.1 Å². The van der Waals surface area contributed by atoms with Gasteiger partial charge >= 0.3 is 5.97 Å². The van der Waals surface area contributed by atoms with E-state index in [0.717, 1.165) is 31.8 Å². The fourth-order valence-electron chi connectivity index (χ4n) is 2.55. The molecule has 124 valence electrons. The maximum absolute atomic E-state index is 11.9. The summed E-state index contributed by atoms with van der Waals surface area (Å²) in [7, 11) is 0. The van der Waals surface area contributed by atoms with E-state index >= 15 is 0 Å². The Kier molecular flexibility index (Phi) is 5.51. The molecule has 0 atom stereocenters. The zero-order chi connectivity index (χ0) is 16.8. The average molecular weight is 343 g/mol. The fraction of sp³-hybridized carbons (Fsp3) is 0.211. The Morgan fingerprint density at radius 1 is 1.12 bits per heavy atom. The van der Waals surface area contributed by atoms with Crippen molar-refractivity contribution in [3.63, 3.8) is 0 Å². The predicted molar refractivity (Wildman–Crippen MR) is 94.4 cm³/mol. The average Bonchev–Trinajstić information content (AvgIpc) is 2.62. The largest absolute Gasteiger partial charge is 0.362 e. The number of hydrogen-bond donors (Lipinski definition) is 1. The summed E-state index contributed by atoms with van der Waals surface area (Å²) in [5.74, 6) is -0.417. The number of hydroxylamine groups is 1. The molecule has 2 aromatic carbocycles. The van der Waals surface area contributed by atoms with Crippen LogP contribution in [0, 0.1) is 0 Å². The Bertz CT molecular complexity index is 714. The first kappa shape index (κ1) is 16.6. The van der Waals surface area contributed by atoms with E-state index in [2.05, 4.69) is 40.7 Å². The minimum absolute atomic E-state index is 0.417.